The van der Waals surface area contributed by atoms with Crippen molar-refractivity contribution in [1.82, 2.24) is 4.90 Å². The molecule has 90 valence electrons. The number of rotatable bonds is 7. The van der Waals surface area contributed by atoms with Gasteiger partial charge in [0.1, 0.15) is 0 Å². The Morgan fingerprint density at radius 3 is 2.80 bits per heavy atom. The van der Waals surface area contributed by atoms with Gasteiger partial charge >= 0.3 is 0 Å². The van der Waals surface area contributed by atoms with Crippen molar-refractivity contribution in [2.24, 2.45) is 0 Å². The van der Waals surface area contributed by atoms with E-state index in [0.29, 0.717) is 6.04 Å². The first-order valence-electron chi connectivity index (χ1n) is 6.66. The predicted molar refractivity (Wildman–Crippen MR) is 65.0 cm³/mol. The van der Waals surface area contributed by atoms with Crippen molar-refractivity contribution < 1.29 is 5.11 Å². The van der Waals surface area contributed by atoms with Gasteiger partial charge in [0.25, 0.3) is 0 Å². The molecule has 2 unspecified atom stereocenters. The third-order valence-corrected chi connectivity index (χ3v) is 3.41. The van der Waals surface area contributed by atoms with Gasteiger partial charge in [-0.1, -0.05) is 26.2 Å². The van der Waals surface area contributed by atoms with E-state index in [1.54, 1.807) is 0 Å². The van der Waals surface area contributed by atoms with Crippen LogP contribution >= 0.6 is 0 Å². The molecule has 1 aliphatic heterocycles. The van der Waals surface area contributed by atoms with Gasteiger partial charge in [-0.15, -0.1) is 0 Å². The Morgan fingerprint density at radius 1 is 1.33 bits per heavy atom. The van der Waals surface area contributed by atoms with E-state index < -0.39 is 0 Å². The molecule has 0 aromatic carbocycles. The highest BCUT2D eigenvalue weighted by atomic mass is 16.3. The molecule has 1 N–H and O–H groups in total. The van der Waals surface area contributed by atoms with Crippen LogP contribution in [0.3, 0.4) is 0 Å². The topological polar surface area (TPSA) is 23.5 Å². The van der Waals surface area contributed by atoms with Crippen LogP contribution in [0, 0.1) is 0 Å². The third kappa shape index (κ3) is 4.98. The maximum atomic E-state index is 9.41. The molecule has 0 saturated carbocycles. The highest BCUT2D eigenvalue weighted by Gasteiger charge is 2.24. The lowest BCUT2D eigenvalue weighted by Crippen LogP contribution is -2.32. The second kappa shape index (κ2) is 7.24. The van der Waals surface area contributed by atoms with Crippen molar-refractivity contribution >= 4 is 0 Å². The minimum absolute atomic E-state index is 0.133. The molecule has 2 atom stereocenters. The van der Waals surface area contributed by atoms with Crippen molar-refractivity contribution in [1.29, 1.82) is 0 Å². The monoisotopic (exact) mass is 213 g/mol. The van der Waals surface area contributed by atoms with Crippen LogP contribution in [0.15, 0.2) is 0 Å². The summed E-state index contributed by atoms with van der Waals surface area (Å²) < 4.78 is 0. The van der Waals surface area contributed by atoms with Gasteiger partial charge in [0.05, 0.1) is 6.10 Å². The molecule has 1 aliphatic rings. The standard InChI is InChI=1S/C13H27NO/c1-3-4-5-6-9-14-10-7-8-13(14)11-12(2)15/h12-13,15H,3-11H2,1-2H3. The van der Waals surface area contributed by atoms with Gasteiger partial charge in [-0.3, -0.25) is 0 Å². The van der Waals surface area contributed by atoms with E-state index in [9.17, 15) is 5.11 Å². The van der Waals surface area contributed by atoms with E-state index in [2.05, 4.69) is 11.8 Å². The molecule has 1 rings (SSSR count). The van der Waals surface area contributed by atoms with Crippen LogP contribution in [0.5, 0.6) is 0 Å². The van der Waals surface area contributed by atoms with E-state index in [4.69, 9.17) is 0 Å². The number of hydrogen-bond acceptors (Lipinski definition) is 2. The lowest BCUT2D eigenvalue weighted by Gasteiger charge is -2.25. The Morgan fingerprint density at radius 2 is 2.13 bits per heavy atom. The second-order valence-electron chi connectivity index (χ2n) is 4.98. The maximum absolute atomic E-state index is 9.41. The molecule has 0 radical (unpaired) electrons. The van der Waals surface area contributed by atoms with E-state index in [1.165, 1.54) is 51.6 Å². The number of aliphatic hydroxyl groups excluding tert-OH is 1. The van der Waals surface area contributed by atoms with Gasteiger partial charge in [-0.2, -0.15) is 0 Å². The van der Waals surface area contributed by atoms with Crippen LogP contribution in [0.4, 0.5) is 0 Å². The van der Waals surface area contributed by atoms with Gasteiger partial charge < -0.3 is 10.0 Å². The van der Waals surface area contributed by atoms with Crippen LogP contribution in [-0.2, 0) is 0 Å². The molecule has 1 saturated heterocycles. The zero-order chi connectivity index (χ0) is 11.1. The smallest absolute Gasteiger partial charge is 0.0527 e. The zero-order valence-electron chi connectivity index (χ0n) is 10.4. The summed E-state index contributed by atoms with van der Waals surface area (Å²) in [5.41, 5.74) is 0. The quantitative estimate of drug-likeness (QED) is 0.657. The van der Waals surface area contributed by atoms with Crippen molar-refractivity contribution in [2.45, 2.75) is 70.9 Å². The van der Waals surface area contributed by atoms with E-state index >= 15 is 0 Å². The molecule has 1 heterocycles. The summed E-state index contributed by atoms with van der Waals surface area (Å²) in [7, 11) is 0. The first kappa shape index (κ1) is 13.0. The predicted octanol–water partition coefficient (Wildman–Crippen LogP) is 2.80. The Kier molecular flexibility index (Phi) is 6.26. The molecule has 0 aromatic rings. The van der Waals surface area contributed by atoms with Crippen LogP contribution in [0.25, 0.3) is 0 Å². The summed E-state index contributed by atoms with van der Waals surface area (Å²) >= 11 is 0. The third-order valence-electron chi connectivity index (χ3n) is 3.41. The molecule has 1 fully saturated rings. The highest BCUT2D eigenvalue weighted by Crippen LogP contribution is 2.21. The zero-order valence-corrected chi connectivity index (χ0v) is 10.4. The first-order chi connectivity index (χ1) is 7.24. The average Bonchev–Trinajstić information content (AvgIpc) is 2.59. The van der Waals surface area contributed by atoms with E-state index in [-0.39, 0.29) is 6.10 Å². The van der Waals surface area contributed by atoms with Crippen LogP contribution in [0.1, 0.15) is 58.8 Å². The number of unbranched alkanes of at least 4 members (excludes halogenated alkanes) is 3. The normalized spacial score (nSPS) is 24.6. The Hall–Kier alpha value is -0.0800. The summed E-state index contributed by atoms with van der Waals surface area (Å²) in [4.78, 5) is 2.59. The van der Waals surface area contributed by atoms with Gasteiger partial charge in [0.2, 0.25) is 0 Å². The van der Waals surface area contributed by atoms with Crippen LogP contribution < -0.4 is 0 Å². The lowest BCUT2D eigenvalue weighted by molar-refractivity contribution is 0.133. The second-order valence-corrected chi connectivity index (χ2v) is 4.98. The van der Waals surface area contributed by atoms with Gasteiger partial charge in [0.15, 0.2) is 0 Å². The van der Waals surface area contributed by atoms with Crippen LogP contribution in [-0.4, -0.2) is 35.2 Å². The molecular formula is C13H27NO. The molecule has 15 heavy (non-hydrogen) atoms. The van der Waals surface area contributed by atoms with Crippen molar-refractivity contribution in [3.8, 4) is 0 Å². The van der Waals surface area contributed by atoms with Crippen LogP contribution in [0.2, 0.25) is 0 Å². The molecular weight excluding hydrogens is 186 g/mol. The number of hydrogen-bond donors (Lipinski definition) is 1. The highest BCUT2D eigenvalue weighted by molar-refractivity contribution is 4.80. The fraction of sp³-hybridized carbons (Fsp3) is 1.00. The summed E-state index contributed by atoms with van der Waals surface area (Å²) in [6.07, 6.45) is 8.84. The Labute approximate surface area is 94.7 Å². The first-order valence-corrected chi connectivity index (χ1v) is 6.66. The largest absolute Gasteiger partial charge is 0.393 e. The fourth-order valence-corrected chi connectivity index (χ4v) is 2.59. The molecule has 2 heteroatoms. The molecule has 0 amide bonds. The molecule has 0 aliphatic carbocycles. The summed E-state index contributed by atoms with van der Waals surface area (Å²) in [6.45, 7) is 6.67. The summed E-state index contributed by atoms with van der Waals surface area (Å²) in [6, 6.07) is 0.659. The van der Waals surface area contributed by atoms with Gasteiger partial charge in [-0.05, 0) is 45.7 Å². The fourth-order valence-electron chi connectivity index (χ4n) is 2.59. The van der Waals surface area contributed by atoms with Crippen molar-refractivity contribution in [2.75, 3.05) is 13.1 Å². The maximum Gasteiger partial charge on any atom is 0.0527 e. The summed E-state index contributed by atoms with van der Waals surface area (Å²) in [5.74, 6) is 0. The van der Waals surface area contributed by atoms with E-state index in [0.717, 1.165) is 6.42 Å². The summed E-state index contributed by atoms with van der Waals surface area (Å²) in [5, 5.41) is 9.41. The van der Waals surface area contributed by atoms with Gasteiger partial charge in [-0.25, -0.2) is 0 Å². The van der Waals surface area contributed by atoms with Crippen molar-refractivity contribution in [3.63, 3.8) is 0 Å². The van der Waals surface area contributed by atoms with Crippen molar-refractivity contribution in [3.05, 3.63) is 0 Å². The number of likely N-dealkylation sites (tertiary alicyclic amines) is 1. The molecule has 2 nitrogen and oxygen atoms in total. The van der Waals surface area contributed by atoms with E-state index in [1.807, 2.05) is 6.92 Å². The average molecular weight is 213 g/mol. The Balaban J connectivity index is 2.15. The lowest BCUT2D eigenvalue weighted by atomic mass is 10.1. The SMILES string of the molecule is CCCCCCN1CCCC1CC(C)O. The molecule has 0 aromatic heterocycles. The minimum Gasteiger partial charge on any atom is -0.393 e. The van der Waals surface area contributed by atoms with Gasteiger partial charge in [0, 0.05) is 6.04 Å². The minimum atomic E-state index is -0.133. The molecule has 0 bridgehead atoms. The Bertz CT molecular complexity index is 159. The number of aliphatic hydroxyl groups is 1. The number of nitrogens with zero attached hydrogens (tertiary/aromatic N) is 1. The molecule has 0 spiro atoms.